The maximum absolute atomic E-state index is 12.5. The maximum atomic E-state index is 12.5. The Labute approximate surface area is 161 Å². The van der Waals surface area contributed by atoms with E-state index in [2.05, 4.69) is 34.2 Å². The minimum atomic E-state index is 0.0222. The topological polar surface area (TPSA) is 55.9 Å². The Hall–Kier alpha value is -2.08. The van der Waals surface area contributed by atoms with Crippen molar-refractivity contribution in [1.29, 1.82) is 0 Å². The SMILES string of the molecule is Cc1cc(N2CCCC2)ccc1NC(=O)CN1CCN(C(=O)C2CC2)CC1. The van der Waals surface area contributed by atoms with Crippen molar-refractivity contribution in [2.24, 2.45) is 5.92 Å². The first-order valence-corrected chi connectivity index (χ1v) is 10.3. The highest BCUT2D eigenvalue weighted by molar-refractivity contribution is 5.93. The van der Waals surface area contributed by atoms with Crippen molar-refractivity contribution in [3.05, 3.63) is 23.8 Å². The molecule has 0 atom stereocenters. The number of aryl methyl sites for hydroxylation is 1. The Bertz CT molecular complexity index is 702. The van der Waals surface area contributed by atoms with Crippen molar-refractivity contribution in [3.63, 3.8) is 0 Å². The highest BCUT2D eigenvalue weighted by Gasteiger charge is 2.34. The van der Waals surface area contributed by atoms with Crippen LogP contribution in [0.1, 0.15) is 31.2 Å². The number of amides is 2. The zero-order valence-electron chi connectivity index (χ0n) is 16.2. The van der Waals surface area contributed by atoms with E-state index in [1.165, 1.54) is 18.5 Å². The van der Waals surface area contributed by atoms with Crippen molar-refractivity contribution < 1.29 is 9.59 Å². The third-order valence-electron chi connectivity index (χ3n) is 5.93. The fourth-order valence-corrected chi connectivity index (χ4v) is 4.07. The van der Waals surface area contributed by atoms with Crippen LogP contribution in [0.4, 0.5) is 11.4 Å². The number of rotatable bonds is 5. The van der Waals surface area contributed by atoms with Gasteiger partial charge in [-0.25, -0.2) is 0 Å². The first kappa shape index (κ1) is 18.3. The number of hydrogen-bond acceptors (Lipinski definition) is 4. The smallest absolute Gasteiger partial charge is 0.238 e. The van der Waals surface area contributed by atoms with E-state index in [0.29, 0.717) is 12.5 Å². The molecule has 6 heteroatoms. The highest BCUT2D eigenvalue weighted by Crippen LogP contribution is 2.31. The van der Waals surface area contributed by atoms with E-state index >= 15 is 0 Å². The van der Waals surface area contributed by atoms with E-state index in [0.717, 1.165) is 63.4 Å². The molecule has 2 heterocycles. The molecule has 146 valence electrons. The summed E-state index contributed by atoms with van der Waals surface area (Å²) in [5.41, 5.74) is 3.25. The number of nitrogens with zero attached hydrogens (tertiary/aromatic N) is 3. The zero-order valence-corrected chi connectivity index (χ0v) is 16.2. The van der Waals surface area contributed by atoms with Crippen molar-refractivity contribution in [1.82, 2.24) is 9.80 Å². The summed E-state index contributed by atoms with van der Waals surface area (Å²) < 4.78 is 0. The lowest BCUT2D eigenvalue weighted by Crippen LogP contribution is -2.50. The molecule has 2 saturated heterocycles. The predicted octanol–water partition coefficient (Wildman–Crippen LogP) is 2.09. The normalized spacial score (nSPS) is 20.8. The largest absolute Gasteiger partial charge is 0.372 e. The van der Waals surface area contributed by atoms with E-state index in [9.17, 15) is 9.59 Å². The second kappa shape index (κ2) is 7.89. The number of benzene rings is 1. The number of carbonyl (C=O) groups is 2. The van der Waals surface area contributed by atoms with Gasteiger partial charge in [-0.3, -0.25) is 14.5 Å². The molecular formula is C21H30N4O2. The summed E-state index contributed by atoms with van der Waals surface area (Å²) in [6.45, 7) is 7.73. The van der Waals surface area contributed by atoms with Crippen LogP contribution in [0.3, 0.4) is 0 Å². The van der Waals surface area contributed by atoms with Gasteiger partial charge in [-0.2, -0.15) is 0 Å². The molecule has 0 spiro atoms. The number of hydrogen-bond donors (Lipinski definition) is 1. The summed E-state index contributed by atoms with van der Waals surface area (Å²) in [4.78, 5) is 31.1. The number of piperazine rings is 1. The number of nitrogens with one attached hydrogen (secondary N) is 1. The second-order valence-corrected chi connectivity index (χ2v) is 8.12. The van der Waals surface area contributed by atoms with Crippen LogP contribution in [0.25, 0.3) is 0 Å². The van der Waals surface area contributed by atoms with Gasteiger partial charge < -0.3 is 15.1 Å². The van der Waals surface area contributed by atoms with Gasteiger partial charge in [0.05, 0.1) is 6.54 Å². The Morgan fingerprint density at radius 1 is 1.04 bits per heavy atom. The lowest BCUT2D eigenvalue weighted by Gasteiger charge is -2.34. The van der Waals surface area contributed by atoms with Crippen LogP contribution in [0.5, 0.6) is 0 Å². The van der Waals surface area contributed by atoms with E-state index in [1.54, 1.807) is 0 Å². The molecule has 3 aliphatic rings. The van der Waals surface area contributed by atoms with E-state index in [4.69, 9.17) is 0 Å². The van der Waals surface area contributed by atoms with Crippen LogP contribution in [0, 0.1) is 12.8 Å². The van der Waals surface area contributed by atoms with Crippen LogP contribution in [-0.2, 0) is 9.59 Å². The van der Waals surface area contributed by atoms with Crippen molar-refractivity contribution in [2.45, 2.75) is 32.6 Å². The van der Waals surface area contributed by atoms with E-state index in [1.807, 2.05) is 11.0 Å². The molecule has 1 aromatic rings. The quantitative estimate of drug-likeness (QED) is 0.862. The second-order valence-electron chi connectivity index (χ2n) is 8.12. The average molecular weight is 370 g/mol. The van der Waals surface area contributed by atoms with Crippen LogP contribution in [0.15, 0.2) is 18.2 Å². The maximum Gasteiger partial charge on any atom is 0.238 e. The van der Waals surface area contributed by atoms with Crippen LogP contribution >= 0.6 is 0 Å². The van der Waals surface area contributed by atoms with Gasteiger partial charge in [-0.15, -0.1) is 0 Å². The highest BCUT2D eigenvalue weighted by atomic mass is 16.2. The molecule has 3 fully saturated rings. The summed E-state index contributed by atoms with van der Waals surface area (Å²) in [6.07, 6.45) is 4.63. The van der Waals surface area contributed by atoms with Gasteiger partial charge in [-0.1, -0.05) is 0 Å². The van der Waals surface area contributed by atoms with Gasteiger partial charge in [-0.05, 0) is 56.4 Å². The van der Waals surface area contributed by atoms with Crippen LogP contribution in [0.2, 0.25) is 0 Å². The van der Waals surface area contributed by atoms with Gasteiger partial charge in [0.15, 0.2) is 0 Å². The van der Waals surface area contributed by atoms with Crippen LogP contribution < -0.4 is 10.2 Å². The third kappa shape index (κ3) is 4.43. The lowest BCUT2D eigenvalue weighted by atomic mass is 10.1. The van der Waals surface area contributed by atoms with Gasteiger partial charge in [0.2, 0.25) is 11.8 Å². The molecule has 0 aromatic heterocycles. The Morgan fingerprint density at radius 2 is 1.74 bits per heavy atom. The van der Waals surface area contributed by atoms with Crippen molar-refractivity contribution in [3.8, 4) is 0 Å². The van der Waals surface area contributed by atoms with Gasteiger partial charge >= 0.3 is 0 Å². The summed E-state index contributed by atoms with van der Waals surface area (Å²) >= 11 is 0. The molecule has 0 radical (unpaired) electrons. The standard InChI is InChI=1S/C21H30N4O2/c1-16-14-18(24-8-2-3-9-24)6-7-19(16)22-20(26)15-23-10-12-25(13-11-23)21(27)17-4-5-17/h6-7,14,17H,2-5,8-13,15H2,1H3,(H,22,26). The predicted molar refractivity (Wildman–Crippen MR) is 107 cm³/mol. The molecule has 1 aromatic carbocycles. The fourth-order valence-electron chi connectivity index (χ4n) is 4.07. The van der Waals surface area contributed by atoms with Crippen LogP contribution in [-0.4, -0.2) is 67.4 Å². The average Bonchev–Trinajstić information content (AvgIpc) is 3.37. The first-order valence-electron chi connectivity index (χ1n) is 10.3. The zero-order chi connectivity index (χ0) is 18.8. The lowest BCUT2D eigenvalue weighted by molar-refractivity contribution is -0.134. The minimum Gasteiger partial charge on any atom is -0.372 e. The number of anilines is 2. The first-order chi connectivity index (χ1) is 13.1. The summed E-state index contributed by atoms with van der Waals surface area (Å²) in [5, 5.41) is 3.06. The van der Waals surface area contributed by atoms with Gasteiger partial charge in [0.25, 0.3) is 0 Å². The monoisotopic (exact) mass is 370 g/mol. The minimum absolute atomic E-state index is 0.0222. The third-order valence-corrected chi connectivity index (χ3v) is 5.93. The number of carbonyl (C=O) groups excluding carboxylic acids is 2. The molecule has 2 amide bonds. The molecule has 4 rings (SSSR count). The molecule has 27 heavy (non-hydrogen) atoms. The molecule has 6 nitrogen and oxygen atoms in total. The van der Waals surface area contributed by atoms with E-state index < -0.39 is 0 Å². The van der Waals surface area contributed by atoms with E-state index in [-0.39, 0.29) is 11.8 Å². The van der Waals surface area contributed by atoms with Gasteiger partial charge in [0.1, 0.15) is 0 Å². The van der Waals surface area contributed by atoms with Crippen molar-refractivity contribution >= 4 is 23.2 Å². The Morgan fingerprint density at radius 3 is 2.37 bits per heavy atom. The molecule has 0 unspecified atom stereocenters. The molecule has 2 aliphatic heterocycles. The molecule has 1 saturated carbocycles. The molecule has 1 N–H and O–H groups in total. The Kier molecular flexibility index (Phi) is 5.34. The summed E-state index contributed by atoms with van der Waals surface area (Å²) in [5.74, 6) is 0.619. The van der Waals surface area contributed by atoms with Crippen molar-refractivity contribution in [2.75, 3.05) is 56.0 Å². The molecule has 1 aliphatic carbocycles. The fraction of sp³-hybridized carbons (Fsp3) is 0.619. The summed E-state index contributed by atoms with van der Waals surface area (Å²) in [7, 11) is 0. The summed E-state index contributed by atoms with van der Waals surface area (Å²) in [6, 6.07) is 6.30. The Balaban J connectivity index is 1.26. The van der Waals surface area contributed by atoms with Gasteiger partial charge in [0, 0.05) is 56.6 Å². The molecular weight excluding hydrogens is 340 g/mol. The molecule has 0 bridgehead atoms.